The number of alkyl halides is 2. The molecule has 1 saturated carbocycles. The van der Waals surface area contributed by atoms with Gasteiger partial charge in [-0.2, -0.15) is 0 Å². The van der Waals surface area contributed by atoms with E-state index < -0.39 is 22.0 Å². The summed E-state index contributed by atoms with van der Waals surface area (Å²) in [7, 11) is -3.85. The molecule has 4 rings (SSSR count). The van der Waals surface area contributed by atoms with Crippen molar-refractivity contribution in [1.29, 1.82) is 0 Å². The summed E-state index contributed by atoms with van der Waals surface area (Å²) in [6, 6.07) is 4.29. The van der Waals surface area contributed by atoms with E-state index in [0.29, 0.717) is 16.9 Å². The van der Waals surface area contributed by atoms with Crippen molar-refractivity contribution >= 4 is 21.5 Å². The second kappa shape index (κ2) is 7.03. The van der Waals surface area contributed by atoms with Crippen LogP contribution >= 0.6 is 0 Å². The van der Waals surface area contributed by atoms with E-state index in [1.807, 2.05) is 6.92 Å². The van der Waals surface area contributed by atoms with Crippen LogP contribution in [0.25, 0.3) is 16.9 Å². The molecule has 0 unspecified atom stereocenters. The van der Waals surface area contributed by atoms with Gasteiger partial charge in [0.25, 0.3) is 0 Å². The third-order valence-corrected chi connectivity index (χ3v) is 6.81. The van der Waals surface area contributed by atoms with E-state index in [9.17, 15) is 17.2 Å². The van der Waals surface area contributed by atoms with Gasteiger partial charge in [-0.1, -0.05) is 6.07 Å². The lowest BCUT2D eigenvalue weighted by Gasteiger charge is -2.28. The molecule has 0 atom stereocenters. The van der Waals surface area contributed by atoms with Gasteiger partial charge in [-0.15, -0.1) is 0 Å². The zero-order chi connectivity index (χ0) is 20.8. The van der Waals surface area contributed by atoms with E-state index >= 15 is 0 Å². The lowest BCUT2D eigenvalue weighted by molar-refractivity contribution is -0.0387. The zero-order valence-corrected chi connectivity index (χ0v) is 16.6. The fourth-order valence-corrected chi connectivity index (χ4v) is 4.96. The van der Waals surface area contributed by atoms with Gasteiger partial charge in [0.05, 0.1) is 16.8 Å². The number of nitrogens with one attached hydrogen (secondary N) is 1. The Hall–Kier alpha value is -2.59. The summed E-state index contributed by atoms with van der Waals surface area (Å²) in [5, 5.41) is 0. The van der Waals surface area contributed by atoms with E-state index in [1.165, 1.54) is 6.07 Å². The highest BCUT2D eigenvalue weighted by atomic mass is 32.2. The molecule has 1 fully saturated rings. The highest BCUT2D eigenvalue weighted by Crippen LogP contribution is 2.34. The standard InChI is InChI=1S/C19H21F2N5O2S/c1-12-2-3-14(29(27,28)25-13-4-6-19(20,21)7-5-13)10-15(12)16-11-24-18-17(22)23-8-9-26(16)18/h2-3,8-11,13,25H,4-7H2,1H3,(H2,22,23). The number of benzene rings is 1. The van der Waals surface area contributed by atoms with Crippen LogP contribution in [0, 0.1) is 6.92 Å². The Morgan fingerprint density at radius 1 is 1.24 bits per heavy atom. The van der Waals surface area contributed by atoms with Gasteiger partial charge in [0.15, 0.2) is 11.5 Å². The predicted molar refractivity (Wildman–Crippen MR) is 105 cm³/mol. The number of rotatable bonds is 4. The van der Waals surface area contributed by atoms with Crippen molar-refractivity contribution in [2.45, 2.75) is 49.5 Å². The summed E-state index contributed by atoms with van der Waals surface area (Å²) in [5.41, 5.74) is 8.56. The molecule has 3 N–H and O–H groups in total. The van der Waals surface area contributed by atoms with Crippen molar-refractivity contribution in [1.82, 2.24) is 19.1 Å². The Morgan fingerprint density at radius 2 is 1.97 bits per heavy atom. The maximum absolute atomic E-state index is 13.3. The minimum atomic E-state index is -3.85. The second-order valence-electron chi connectivity index (χ2n) is 7.38. The molecule has 0 bridgehead atoms. The molecule has 10 heteroatoms. The van der Waals surface area contributed by atoms with Gasteiger partial charge in [-0.3, -0.25) is 4.40 Å². The fourth-order valence-electron chi connectivity index (χ4n) is 3.63. The van der Waals surface area contributed by atoms with Crippen molar-refractivity contribution in [3.63, 3.8) is 0 Å². The van der Waals surface area contributed by atoms with Crippen LogP contribution in [0.15, 0.2) is 41.7 Å². The summed E-state index contributed by atoms with van der Waals surface area (Å²) in [5.74, 6) is -2.44. The van der Waals surface area contributed by atoms with Crippen molar-refractivity contribution < 1.29 is 17.2 Å². The largest absolute Gasteiger partial charge is 0.381 e. The molecule has 7 nitrogen and oxygen atoms in total. The number of sulfonamides is 1. The molecular weight excluding hydrogens is 400 g/mol. The second-order valence-corrected chi connectivity index (χ2v) is 9.09. The normalized spacial score (nSPS) is 17.6. The topological polar surface area (TPSA) is 102 Å². The Bertz CT molecular complexity index is 1170. The quantitative estimate of drug-likeness (QED) is 0.674. The summed E-state index contributed by atoms with van der Waals surface area (Å²) >= 11 is 0. The van der Waals surface area contributed by atoms with E-state index in [2.05, 4.69) is 14.7 Å². The third kappa shape index (κ3) is 3.82. The molecule has 0 spiro atoms. The number of nitrogens with zero attached hydrogens (tertiary/aromatic N) is 3. The first-order valence-electron chi connectivity index (χ1n) is 9.25. The van der Waals surface area contributed by atoms with Crippen LogP contribution in [0.5, 0.6) is 0 Å². The van der Waals surface area contributed by atoms with Gasteiger partial charge < -0.3 is 5.73 Å². The van der Waals surface area contributed by atoms with Crippen molar-refractivity contribution in [2.24, 2.45) is 0 Å². The summed E-state index contributed by atoms with van der Waals surface area (Å²) < 4.78 is 56.7. The number of halogens is 2. The summed E-state index contributed by atoms with van der Waals surface area (Å²) in [4.78, 5) is 8.35. The number of nitrogens with two attached hydrogens (primary N) is 1. The Morgan fingerprint density at radius 3 is 2.69 bits per heavy atom. The molecule has 2 aromatic heterocycles. The first kappa shape index (κ1) is 19.7. The van der Waals surface area contributed by atoms with Crippen LogP contribution in [0.2, 0.25) is 0 Å². The number of hydrogen-bond donors (Lipinski definition) is 2. The van der Waals surface area contributed by atoms with Gasteiger partial charge >= 0.3 is 0 Å². The van der Waals surface area contributed by atoms with Gasteiger partial charge in [0.1, 0.15) is 0 Å². The van der Waals surface area contributed by atoms with Crippen molar-refractivity contribution in [3.05, 3.63) is 42.4 Å². The molecule has 0 saturated heterocycles. The molecule has 1 aliphatic carbocycles. The monoisotopic (exact) mass is 421 g/mol. The van der Waals surface area contributed by atoms with Crippen molar-refractivity contribution in [2.75, 3.05) is 5.73 Å². The molecule has 0 radical (unpaired) electrons. The fraction of sp³-hybridized carbons (Fsp3) is 0.368. The molecule has 1 aromatic carbocycles. The number of imidazole rings is 1. The maximum atomic E-state index is 13.3. The van der Waals surface area contributed by atoms with E-state index in [4.69, 9.17) is 5.73 Å². The van der Waals surface area contributed by atoms with Crippen LogP contribution in [0.4, 0.5) is 14.6 Å². The number of aryl methyl sites for hydroxylation is 1. The van der Waals surface area contributed by atoms with Gasteiger partial charge in [0, 0.05) is 36.8 Å². The molecule has 154 valence electrons. The van der Waals surface area contributed by atoms with Crippen LogP contribution in [0.1, 0.15) is 31.2 Å². The number of nitrogen functional groups attached to an aromatic ring is 1. The van der Waals surface area contributed by atoms with Gasteiger partial charge in [-0.25, -0.2) is 31.9 Å². The molecule has 1 aliphatic rings. The number of hydrogen-bond acceptors (Lipinski definition) is 5. The van der Waals surface area contributed by atoms with Crippen LogP contribution < -0.4 is 10.5 Å². The van der Waals surface area contributed by atoms with Crippen LogP contribution in [0.3, 0.4) is 0 Å². The van der Waals surface area contributed by atoms with Crippen LogP contribution in [-0.4, -0.2) is 34.8 Å². The average molecular weight is 421 g/mol. The lowest BCUT2D eigenvalue weighted by Crippen LogP contribution is -2.40. The summed E-state index contributed by atoms with van der Waals surface area (Å²) in [6.45, 7) is 1.87. The molecular formula is C19H21F2N5O2S. The van der Waals surface area contributed by atoms with Gasteiger partial charge in [-0.05, 0) is 37.5 Å². The highest BCUT2D eigenvalue weighted by molar-refractivity contribution is 7.89. The summed E-state index contributed by atoms with van der Waals surface area (Å²) in [6.07, 6.45) is 4.48. The van der Waals surface area contributed by atoms with Gasteiger partial charge in [0.2, 0.25) is 15.9 Å². The zero-order valence-electron chi connectivity index (χ0n) is 15.8. The highest BCUT2D eigenvalue weighted by Gasteiger charge is 2.36. The Kier molecular flexibility index (Phi) is 4.78. The minimum absolute atomic E-state index is 0.0763. The predicted octanol–water partition coefficient (Wildman–Crippen LogP) is 3.14. The first-order valence-corrected chi connectivity index (χ1v) is 10.7. The molecule has 2 heterocycles. The van der Waals surface area contributed by atoms with E-state index in [1.54, 1.807) is 35.1 Å². The van der Waals surface area contributed by atoms with Crippen molar-refractivity contribution in [3.8, 4) is 11.3 Å². The number of fused-ring (bicyclic) bond motifs is 1. The maximum Gasteiger partial charge on any atom is 0.248 e. The average Bonchev–Trinajstić information content (AvgIpc) is 3.09. The van der Waals surface area contributed by atoms with E-state index in [-0.39, 0.29) is 36.4 Å². The lowest BCUT2D eigenvalue weighted by atomic mass is 9.93. The Balaban J connectivity index is 1.67. The van der Waals surface area contributed by atoms with Crippen LogP contribution in [-0.2, 0) is 10.0 Å². The number of aromatic nitrogens is 3. The molecule has 0 aliphatic heterocycles. The SMILES string of the molecule is Cc1ccc(S(=O)(=O)NC2CCC(F)(F)CC2)cc1-c1cnc2c(N)nccn12. The Labute approximate surface area is 167 Å². The molecule has 29 heavy (non-hydrogen) atoms. The first-order chi connectivity index (χ1) is 13.7. The minimum Gasteiger partial charge on any atom is -0.381 e. The third-order valence-electron chi connectivity index (χ3n) is 5.29. The number of anilines is 1. The molecule has 3 aromatic rings. The van der Waals surface area contributed by atoms with E-state index in [0.717, 1.165) is 5.56 Å². The smallest absolute Gasteiger partial charge is 0.248 e. The molecule has 0 amide bonds.